The van der Waals surface area contributed by atoms with E-state index in [0.717, 1.165) is 25.8 Å². The van der Waals surface area contributed by atoms with Crippen molar-refractivity contribution in [3.63, 3.8) is 0 Å². The minimum atomic E-state index is -0.345. The van der Waals surface area contributed by atoms with Gasteiger partial charge in [-0.3, -0.25) is 4.79 Å². The van der Waals surface area contributed by atoms with Crippen molar-refractivity contribution < 1.29 is 9.53 Å². The first kappa shape index (κ1) is 16.4. The zero-order chi connectivity index (χ0) is 14.1. The van der Waals surface area contributed by atoms with E-state index in [1.165, 1.54) is 19.3 Å². The van der Waals surface area contributed by atoms with E-state index in [4.69, 9.17) is 4.74 Å². The molecule has 0 aromatic heterocycles. The Bertz CT molecular complexity index is 253. The van der Waals surface area contributed by atoms with Gasteiger partial charge < -0.3 is 15.4 Å². The summed E-state index contributed by atoms with van der Waals surface area (Å²) in [5, 5.41) is 6.48. The molecule has 2 N–H and O–H groups in total. The Morgan fingerprint density at radius 2 is 2.21 bits per heavy atom. The summed E-state index contributed by atoms with van der Waals surface area (Å²) >= 11 is 0. The highest BCUT2D eigenvalue weighted by Crippen LogP contribution is 2.10. The summed E-state index contributed by atoms with van der Waals surface area (Å²) in [6.07, 6.45) is 6.59. The average molecular weight is 270 g/mol. The van der Waals surface area contributed by atoms with Crippen molar-refractivity contribution in [2.45, 2.75) is 77.5 Å². The van der Waals surface area contributed by atoms with Crippen LogP contribution in [0.4, 0.5) is 0 Å². The van der Waals surface area contributed by atoms with Gasteiger partial charge in [0, 0.05) is 18.7 Å². The SMILES string of the molecule is CCCC(C)NC(=O)C(C)OCCC1CCCCN1. The van der Waals surface area contributed by atoms with Crippen molar-refractivity contribution in [2.75, 3.05) is 13.2 Å². The third-order valence-electron chi connectivity index (χ3n) is 3.73. The van der Waals surface area contributed by atoms with Crippen molar-refractivity contribution in [2.24, 2.45) is 0 Å². The molecule has 1 saturated heterocycles. The number of carbonyl (C=O) groups excluding carboxylic acids is 1. The molecule has 1 aliphatic rings. The first-order valence-corrected chi connectivity index (χ1v) is 7.78. The first-order chi connectivity index (χ1) is 9.13. The van der Waals surface area contributed by atoms with Crippen molar-refractivity contribution in [1.82, 2.24) is 10.6 Å². The Morgan fingerprint density at radius 1 is 1.42 bits per heavy atom. The highest BCUT2D eigenvalue weighted by molar-refractivity contribution is 5.80. The topological polar surface area (TPSA) is 50.4 Å². The van der Waals surface area contributed by atoms with Gasteiger partial charge in [-0.2, -0.15) is 0 Å². The molecular formula is C15H30N2O2. The van der Waals surface area contributed by atoms with Gasteiger partial charge in [-0.1, -0.05) is 19.8 Å². The normalized spacial score (nSPS) is 22.8. The molecule has 4 nitrogen and oxygen atoms in total. The van der Waals surface area contributed by atoms with E-state index >= 15 is 0 Å². The fraction of sp³-hybridized carbons (Fsp3) is 0.933. The van der Waals surface area contributed by atoms with Crippen LogP contribution in [0.15, 0.2) is 0 Å². The molecule has 1 rings (SSSR count). The molecule has 0 bridgehead atoms. The van der Waals surface area contributed by atoms with Crippen LogP contribution in [0.1, 0.15) is 59.3 Å². The Hall–Kier alpha value is -0.610. The van der Waals surface area contributed by atoms with Gasteiger partial charge in [-0.25, -0.2) is 0 Å². The maximum Gasteiger partial charge on any atom is 0.249 e. The lowest BCUT2D eigenvalue weighted by Gasteiger charge is -2.24. The second kappa shape index (κ2) is 9.32. The summed E-state index contributed by atoms with van der Waals surface area (Å²) in [6.45, 7) is 7.78. The number of nitrogens with one attached hydrogen (secondary N) is 2. The van der Waals surface area contributed by atoms with Gasteiger partial charge in [0.2, 0.25) is 5.91 Å². The van der Waals surface area contributed by atoms with Gasteiger partial charge in [-0.05, 0) is 46.1 Å². The van der Waals surface area contributed by atoms with Crippen LogP contribution >= 0.6 is 0 Å². The summed E-state index contributed by atoms with van der Waals surface area (Å²) in [7, 11) is 0. The predicted molar refractivity (Wildman–Crippen MR) is 78.2 cm³/mol. The standard InChI is InChI=1S/C15H30N2O2/c1-4-7-12(2)17-15(18)13(3)19-11-9-14-8-5-6-10-16-14/h12-14,16H,4-11H2,1-3H3,(H,17,18). The van der Waals surface area contributed by atoms with Gasteiger partial charge in [0.25, 0.3) is 0 Å². The molecule has 19 heavy (non-hydrogen) atoms. The summed E-state index contributed by atoms with van der Waals surface area (Å²) in [5.74, 6) is 0.0116. The Balaban J connectivity index is 2.11. The predicted octanol–water partition coefficient (Wildman–Crippen LogP) is 2.23. The van der Waals surface area contributed by atoms with E-state index in [1.54, 1.807) is 0 Å². The molecule has 112 valence electrons. The quantitative estimate of drug-likeness (QED) is 0.711. The van der Waals surface area contributed by atoms with Crippen LogP contribution in [0, 0.1) is 0 Å². The molecule has 1 amide bonds. The number of amides is 1. The molecule has 0 aliphatic carbocycles. The minimum Gasteiger partial charge on any atom is -0.369 e. The fourth-order valence-electron chi connectivity index (χ4n) is 2.50. The third kappa shape index (κ3) is 6.92. The van der Waals surface area contributed by atoms with Crippen LogP contribution in [-0.2, 0) is 9.53 Å². The van der Waals surface area contributed by atoms with E-state index < -0.39 is 0 Å². The van der Waals surface area contributed by atoms with Gasteiger partial charge in [0.05, 0.1) is 0 Å². The fourth-order valence-corrected chi connectivity index (χ4v) is 2.50. The molecule has 0 aromatic carbocycles. The molecule has 0 spiro atoms. The van der Waals surface area contributed by atoms with E-state index in [2.05, 4.69) is 17.6 Å². The first-order valence-electron chi connectivity index (χ1n) is 7.78. The van der Waals surface area contributed by atoms with Crippen LogP contribution in [0.5, 0.6) is 0 Å². The second-order valence-electron chi connectivity index (χ2n) is 5.65. The zero-order valence-corrected chi connectivity index (χ0v) is 12.7. The molecule has 0 aromatic rings. The molecule has 0 saturated carbocycles. The monoisotopic (exact) mass is 270 g/mol. The lowest BCUT2D eigenvalue weighted by atomic mass is 10.0. The molecule has 1 aliphatic heterocycles. The summed E-state index contributed by atoms with van der Waals surface area (Å²) in [5.41, 5.74) is 0. The van der Waals surface area contributed by atoms with Gasteiger partial charge in [-0.15, -0.1) is 0 Å². The van der Waals surface area contributed by atoms with Gasteiger partial charge >= 0.3 is 0 Å². The molecule has 1 heterocycles. The van der Waals surface area contributed by atoms with Crippen LogP contribution < -0.4 is 10.6 Å². The molecule has 0 radical (unpaired) electrons. The Kier molecular flexibility index (Phi) is 8.07. The number of carbonyl (C=O) groups is 1. The average Bonchev–Trinajstić information content (AvgIpc) is 2.40. The molecule has 3 atom stereocenters. The second-order valence-corrected chi connectivity index (χ2v) is 5.65. The van der Waals surface area contributed by atoms with Gasteiger partial charge in [0.1, 0.15) is 6.10 Å². The lowest BCUT2D eigenvalue weighted by Crippen LogP contribution is -2.40. The van der Waals surface area contributed by atoms with E-state index in [0.29, 0.717) is 12.6 Å². The maximum absolute atomic E-state index is 11.9. The summed E-state index contributed by atoms with van der Waals surface area (Å²) in [6, 6.07) is 0.812. The number of piperidine rings is 1. The highest BCUT2D eigenvalue weighted by atomic mass is 16.5. The van der Waals surface area contributed by atoms with Crippen molar-refractivity contribution >= 4 is 5.91 Å². The van der Waals surface area contributed by atoms with Gasteiger partial charge in [0.15, 0.2) is 0 Å². The van der Waals surface area contributed by atoms with E-state index in [-0.39, 0.29) is 18.1 Å². The smallest absolute Gasteiger partial charge is 0.249 e. The largest absolute Gasteiger partial charge is 0.369 e. The van der Waals surface area contributed by atoms with Crippen LogP contribution in [0.25, 0.3) is 0 Å². The lowest BCUT2D eigenvalue weighted by molar-refractivity contribution is -0.132. The van der Waals surface area contributed by atoms with E-state index in [9.17, 15) is 4.79 Å². The minimum absolute atomic E-state index is 0.0116. The van der Waals surface area contributed by atoms with Crippen molar-refractivity contribution in [1.29, 1.82) is 0 Å². The van der Waals surface area contributed by atoms with Crippen LogP contribution in [-0.4, -0.2) is 37.2 Å². The highest BCUT2D eigenvalue weighted by Gasteiger charge is 2.17. The number of hydrogen-bond donors (Lipinski definition) is 2. The number of hydrogen-bond acceptors (Lipinski definition) is 3. The Morgan fingerprint density at radius 3 is 2.84 bits per heavy atom. The van der Waals surface area contributed by atoms with E-state index in [1.807, 2.05) is 13.8 Å². The summed E-state index contributed by atoms with van der Waals surface area (Å²) < 4.78 is 5.63. The zero-order valence-electron chi connectivity index (χ0n) is 12.7. The molecule has 1 fully saturated rings. The van der Waals surface area contributed by atoms with Crippen LogP contribution in [0.3, 0.4) is 0 Å². The maximum atomic E-state index is 11.9. The van der Waals surface area contributed by atoms with Crippen molar-refractivity contribution in [3.05, 3.63) is 0 Å². The molecular weight excluding hydrogens is 240 g/mol. The van der Waals surface area contributed by atoms with Crippen LogP contribution in [0.2, 0.25) is 0 Å². The number of rotatable bonds is 8. The number of ether oxygens (including phenoxy) is 1. The third-order valence-corrected chi connectivity index (χ3v) is 3.73. The Labute approximate surface area is 117 Å². The summed E-state index contributed by atoms with van der Waals surface area (Å²) in [4.78, 5) is 11.9. The van der Waals surface area contributed by atoms with Crippen molar-refractivity contribution in [3.8, 4) is 0 Å². The molecule has 3 unspecified atom stereocenters. The molecule has 4 heteroatoms.